The molecule has 1 unspecified atom stereocenters. The summed E-state index contributed by atoms with van der Waals surface area (Å²) < 4.78 is 19.2. The molecule has 0 aliphatic carbocycles. The average molecular weight is 351 g/mol. The van der Waals surface area contributed by atoms with Crippen molar-refractivity contribution in [3.05, 3.63) is 29.1 Å². The number of likely N-dealkylation sites (N-methyl/N-ethyl adjacent to an activating group) is 1. The number of hydrogen-bond acceptors (Lipinski definition) is 3. The molecule has 1 aliphatic heterocycles. The number of halogens is 1. The highest BCUT2D eigenvalue weighted by Gasteiger charge is 2.38. The van der Waals surface area contributed by atoms with Crippen molar-refractivity contribution in [3.8, 4) is 0 Å². The number of methoxy groups -OCH3 is 1. The number of nitrogens with zero attached hydrogens (tertiary/aromatic N) is 1. The van der Waals surface area contributed by atoms with Gasteiger partial charge in [0.25, 0.3) is 5.91 Å². The third kappa shape index (κ3) is 4.00. The van der Waals surface area contributed by atoms with E-state index in [-0.39, 0.29) is 17.5 Å². The number of benzene rings is 1. The molecule has 1 atom stereocenters. The van der Waals surface area contributed by atoms with Crippen molar-refractivity contribution in [2.75, 3.05) is 32.1 Å². The second kappa shape index (κ2) is 7.95. The van der Waals surface area contributed by atoms with Crippen LogP contribution in [0.15, 0.2) is 12.1 Å². The molecule has 1 saturated heterocycles. The normalized spacial score (nSPS) is 17.6. The van der Waals surface area contributed by atoms with Gasteiger partial charge in [0.2, 0.25) is 0 Å². The van der Waals surface area contributed by atoms with Gasteiger partial charge in [0.05, 0.1) is 38.0 Å². The lowest BCUT2D eigenvalue weighted by molar-refractivity contribution is -0.943. The van der Waals surface area contributed by atoms with E-state index in [9.17, 15) is 14.0 Å². The third-order valence-electron chi connectivity index (χ3n) is 5.49. The lowest BCUT2D eigenvalue weighted by atomic mass is 10.0. The molecule has 0 radical (unpaired) electrons. The molecule has 2 rings (SSSR count). The van der Waals surface area contributed by atoms with Crippen LogP contribution < -0.4 is 5.32 Å². The Labute approximate surface area is 148 Å². The van der Waals surface area contributed by atoms with Gasteiger partial charge in [0.1, 0.15) is 5.82 Å². The number of rotatable bonds is 5. The van der Waals surface area contributed by atoms with Gasteiger partial charge in [0, 0.05) is 0 Å². The number of anilines is 1. The SMILES string of the molecule is CC[N+]1(C(C)C(=O)Nc2c(C)cc(F)cc2C(=O)OC)CCCCC1. The Morgan fingerprint density at radius 2 is 1.92 bits per heavy atom. The molecule has 1 fully saturated rings. The maximum Gasteiger partial charge on any atom is 0.340 e. The van der Waals surface area contributed by atoms with E-state index in [1.165, 1.54) is 19.6 Å². The van der Waals surface area contributed by atoms with Crippen molar-refractivity contribution >= 4 is 17.6 Å². The number of likely N-dealkylation sites (tertiary alicyclic amines) is 1. The summed E-state index contributed by atoms with van der Waals surface area (Å²) in [4.78, 5) is 24.9. The number of carbonyl (C=O) groups excluding carboxylic acids is 2. The smallest absolute Gasteiger partial charge is 0.340 e. The van der Waals surface area contributed by atoms with Gasteiger partial charge in [-0.2, -0.15) is 0 Å². The first-order valence-corrected chi connectivity index (χ1v) is 8.89. The van der Waals surface area contributed by atoms with E-state index in [2.05, 4.69) is 12.2 Å². The van der Waals surface area contributed by atoms with Crippen LogP contribution in [0.2, 0.25) is 0 Å². The number of ether oxygens (including phenoxy) is 1. The van der Waals surface area contributed by atoms with Crippen LogP contribution in [0.3, 0.4) is 0 Å². The molecule has 1 aromatic rings. The number of esters is 1. The molecular weight excluding hydrogens is 323 g/mol. The van der Waals surface area contributed by atoms with Crippen molar-refractivity contribution in [2.24, 2.45) is 0 Å². The van der Waals surface area contributed by atoms with Crippen LogP contribution in [-0.4, -0.2) is 49.1 Å². The van der Waals surface area contributed by atoms with Crippen LogP contribution in [0.25, 0.3) is 0 Å². The van der Waals surface area contributed by atoms with E-state index < -0.39 is 11.8 Å². The highest BCUT2D eigenvalue weighted by molar-refractivity contribution is 6.03. The zero-order valence-electron chi connectivity index (χ0n) is 15.5. The standard InChI is InChI=1S/C19H27FN2O3/c1-5-22(9-7-6-8-10-22)14(3)18(23)21-17-13(2)11-15(20)12-16(17)19(24)25-4/h11-12,14H,5-10H2,1-4H3/p+1. The van der Waals surface area contributed by atoms with Crippen molar-refractivity contribution < 1.29 is 23.2 Å². The summed E-state index contributed by atoms with van der Waals surface area (Å²) in [6.45, 7) is 8.56. The number of aryl methyl sites for hydroxylation is 1. The minimum Gasteiger partial charge on any atom is -0.465 e. The summed E-state index contributed by atoms with van der Waals surface area (Å²) in [5.74, 6) is -1.34. The number of quaternary nitrogens is 1. The zero-order chi connectivity index (χ0) is 18.6. The van der Waals surface area contributed by atoms with E-state index in [1.54, 1.807) is 6.92 Å². The van der Waals surface area contributed by atoms with Gasteiger partial charge in [-0.1, -0.05) is 0 Å². The molecule has 0 aromatic heterocycles. The Morgan fingerprint density at radius 3 is 2.48 bits per heavy atom. The lowest BCUT2D eigenvalue weighted by Gasteiger charge is -2.44. The monoisotopic (exact) mass is 351 g/mol. The number of amides is 1. The summed E-state index contributed by atoms with van der Waals surface area (Å²) in [7, 11) is 1.24. The summed E-state index contributed by atoms with van der Waals surface area (Å²) in [6.07, 6.45) is 3.45. The quantitative estimate of drug-likeness (QED) is 0.654. The van der Waals surface area contributed by atoms with Crippen LogP contribution in [0.5, 0.6) is 0 Å². The van der Waals surface area contributed by atoms with Gasteiger partial charge < -0.3 is 14.5 Å². The molecule has 1 aromatic carbocycles. The molecule has 1 aliphatic rings. The maximum absolute atomic E-state index is 13.7. The highest BCUT2D eigenvalue weighted by Crippen LogP contribution is 2.27. The van der Waals surface area contributed by atoms with Crippen LogP contribution in [-0.2, 0) is 9.53 Å². The number of nitrogens with one attached hydrogen (secondary N) is 1. The highest BCUT2D eigenvalue weighted by atomic mass is 19.1. The summed E-state index contributed by atoms with van der Waals surface area (Å²) >= 11 is 0. The molecule has 0 bridgehead atoms. The van der Waals surface area contributed by atoms with Gasteiger partial charge in [-0.25, -0.2) is 9.18 Å². The Morgan fingerprint density at radius 1 is 1.28 bits per heavy atom. The van der Waals surface area contributed by atoms with Crippen LogP contribution in [0, 0.1) is 12.7 Å². The molecule has 0 spiro atoms. The van der Waals surface area contributed by atoms with E-state index >= 15 is 0 Å². The van der Waals surface area contributed by atoms with E-state index in [0.29, 0.717) is 11.3 Å². The molecule has 25 heavy (non-hydrogen) atoms. The van der Waals surface area contributed by atoms with Gasteiger partial charge in [0.15, 0.2) is 6.04 Å². The predicted molar refractivity (Wildman–Crippen MR) is 95.0 cm³/mol. The van der Waals surface area contributed by atoms with Crippen LogP contribution >= 0.6 is 0 Å². The van der Waals surface area contributed by atoms with E-state index in [0.717, 1.165) is 43.0 Å². The van der Waals surface area contributed by atoms with Crippen molar-refractivity contribution in [1.82, 2.24) is 0 Å². The molecule has 138 valence electrons. The fourth-order valence-electron chi connectivity index (χ4n) is 3.78. The van der Waals surface area contributed by atoms with E-state index in [1.807, 2.05) is 6.92 Å². The minimum atomic E-state index is -0.664. The van der Waals surface area contributed by atoms with Crippen molar-refractivity contribution in [1.29, 1.82) is 0 Å². The second-order valence-electron chi connectivity index (χ2n) is 6.84. The summed E-state index contributed by atoms with van der Waals surface area (Å²) in [5, 5.41) is 2.86. The molecule has 6 heteroatoms. The number of piperidine rings is 1. The zero-order valence-corrected chi connectivity index (χ0v) is 15.5. The van der Waals surface area contributed by atoms with E-state index in [4.69, 9.17) is 4.74 Å². The fraction of sp³-hybridized carbons (Fsp3) is 0.579. The topological polar surface area (TPSA) is 55.4 Å². The number of hydrogen-bond donors (Lipinski definition) is 1. The Hall–Kier alpha value is -1.95. The van der Waals surface area contributed by atoms with Gasteiger partial charge in [-0.3, -0.25) is 4.79 Å². The first-order valence-electron chi connectivity index (χ1n) is 8.89. The Balaban J connectivity index is 2.29. The maximum atomic E-state index is 13.7. The van der Waals surface area contributed by atoms with Gasteiger partial charge in [-0.05, 0) is 57.7 Å². The average Bonchev–Trinajstić information content (AvgIpc) is 2.62. The second-order valence-corrected chi connectivity index (χ2v) is 6.84. The minimum absolute atomic E-state index is 0.0437. The molecule has 1 amide bonds. The molecular formula is C19H28FN2O3+. The third-order valence-corrected chi connectivity index (χ3v) is 5.49. The summed E-state index contributed by atoms with van der Waals surface area (Å²) in [6, 6.07) is 2.17. The molecule has 1 heterocycles. The van der Waals surface area contributed by atoms with Gasteiger partial charge >= 0.3 is 5.97 Å². The molecule has 5 nitrogen and oxygen atoms in total. The predicted octanol–water partition coefficient (Wildman–Crippen LogP) is 3.27. The largest absolute Gasteiger partial charge is 0.465 e. The fourth-order valence-corrected chi connectivity index (χ4v) is 3.78. The van der Waals surface area contributed by atoms with Crippen LogP contribution in [0.1, 0.15) is 49.0 Å². The van der Waals surface area contributed by atoms with Gasteiger partial charge in [-0.15, -0.1) is 0 Å². The Bertz CT molecular complexity index is 654. The van der Waals surface area contributed by atoms with Crippen molar-refractivity contribution in [2.45, 2.75) is 46.1 Å². The summed E-state index contributed by atoms with van der Waals surface area (Å²) in [5.41, 5.74) is 0.876. The Kier molecular flexibility index (Phi) is 6.16. The van der Waals surface area contributed by atoms with Crippen molar-refractivity contribution in [3.63, 3.8) is 0 Å². The molecule has 0 saturated carbocycles. The molecule has 1 N–H and O–H groups in total. The number of carbonyl (C=O) groups is 2. The first kappa shape index (κ1) is 19.4. The first-order chi connectivity index (χ1) is 11.8. The van der Waals surface area contributed by atoms with Crippen LogP contribution in [0.4, 0.5) is 10.1 Å². The lowest BCUT2D eigenvalue weighted by Crippen LogP contribution is -2.60.